The fraction of sp³-hybridized carbons (Fsp3) is 0.353. The Labute approximate surface area is 138 Å². The van der Waals surface area contributed by atoms with Crippen LogP contribution in [-0.2, 0) is 16.0 Å². The zero-order valence-corrected chi connectivity index (χ0v) is 13.4. The summed E-state index contributed by atoms with van der Waals surface area (Å²) in [5.41, 5.74) is 1.88. The number of likely N-dealkylation sites (tertiary alicyclic amines) is 1. The van der Waals surface area contributed by atoms with Crippen molar-refractivity contribution in [1.82, 2.24) is 9.88 Å². The summed E-state index contributed by atoms with van der Waals surface area (Å²) < 4.78 is 0. The Balaban J connectivity index is 1.53. The van der Waals surface area contributed by atoms with Crippen LogP contribution in [0, 0.1) is 0 Å². The van der Waals surface area contributed by atoms with E-state index in [0.29, 0.717) is 12.8 Å². The number of nitrogens with zero attached hydrogens (tertiary/aromatic N) is 3. The molecule has 2 amide bonds. The number of carbonyl (C=O) groups is 2. The molecule has 0 N–H and O–H groups in total. The topological polar surface area (TPSA) is 53.5 Å². The molecule has 0 unspecified atom stereocenters. The standard InChI is InChI=1S/C17H17N3O2S/c21-16(8-12-4-7-23-11-12)19-6-3-14-15(19)9-17(22)20(14)13-2-1-5-18-10-13/h1-2,4-5,7,10-11,14-15H,3,6,8-9H2/t14-,15+/m1/s1. The van der Waals surface area contributed by atoms with Gasteiger partial charge in [0.15, 0.2) is 0 Å². The zero-order valence-electron chi connectivity index (χ0n) is 12.6. The molecule has 118 valence electrons. The van der Waals surface area contributed by atoms with E-state index in [1.54, 1.807) is 23.7 Å². The van der Waals surface area contributed by atoms with Crippen molar-refractivity contribution in [3.63, 3.8) is 0 Å². The number of aromatic nitrogens is 1. The third-order valence-corrected chi connectivity index (χ3v) is 5.41. The number of amides is 2. The summed E-state index contributed by atoms with van der Waals surface area (Å²) in [4.78, 5) is 32.9. The molecule has 2 aromatic heterocycles. The highest BCUT2D eigenvalue weighted by Gasteiger charge is 2.48. The molecule has 2 aliphatic rings. The van der Waals surface area contributed by atoms with Crippen LogP contribution in [0.2, 0.25) is 0 Å². The summed E-state index contributed by atoms with van der Waals surface area (Å²) in [5.74, 6) is 0.206. The number of hydrogen-bond acceptors (Lipinski definition) is 4. The average Bonchev–Trinajstić information content (AvgIpc) is 3.24. The number of anilines is 1. The van der Waals surface area contributed by atoms with Gasteiger partial charge in [-0.05, 0) is 40.9 Å². The van der Waals surface area contributed by atoms with Crippen LogP contribution < -0.4 is 4.90 Å². The molecule has 2 saturated heterocycles. The van der Waals surface area contributed by atoms with Crippen LogP contribution in [0.1, 0.15) is 18.4 Å². The van der Waals surface area contributed by atoms with Crippen molar-refractivity contribution in [2.24, 2.45) is 0 Å². The van der Waals surface area contributed by atoms with Gasteiger partial charge in [-0.25, -0.2) is 0 Å². The second kappa shape index (κ2) is 5.77. The summed E-state index contributed by atoms with van der Waals surface area (Å²) in [6.45, 7) is 0.725. The molecule has 5 nitrogen and oxygen atoms in total. The summed E-state index contributed by atoms with van der Waals surface area (Å²) in [6.07, 6.45) is 5.09. The normalized spacial score (nSPS) is 23.4. The molecule has 2 aliphatic heterocycles. The average molecular weight is 327 g/mol. The first kappa shape index (κ1) is 14.4. The van der Waals surface area contributed by atoms with Gasteiger partial charge in [-0.2, -0.15) is 11.3 Å². The summed E-state index contributed by atoms with van der Waals surface area (Å²) in [7, 11) is 0. The summed E-state index contributed by atoms with van der Waals surface area (Å²) >= 11 is 1.60. The number of rotatable bonds is 3. The van der Waals surface area contributed by atoms with Crippen molar-refractivity contribution >= 4 is 28.8 Å². The Bertz CT molecular complexity index is 717. The highest BCUT2D eigenvalue weighted by atomic mass is 32.1. The van der Waals surface area contributed by atoms with E-state index in [4.69, 9.17) is 0 Å². The van der Waals surface area contributed by atoms with Crippen LogP contribution in [0.4, 0.5) is 5.69 Å². The Hall–Kier alpha value is -2.21. The number of thiophene rings is 1. The molecule has 4 heterocycles. The second-order valence-corrected chi connectivity index (χ2v) is 6.78. The van der Waals surface area contributed by atoms with Crippen LogP contribution >= 0.6 is 11.3 Å². The lowest BCUT2D eigenvalue weighted by Crippen LogP contribution is -2.40. The molecule has 0 bridgehead atoms. The fourth-order valence-corrected chi connectivity index (χ4v) is 4.33. The number of pyridine rings is 1. The maximum absolute atomic E-state index is 12.6. The summed E-state index contributed by atoms with van der Waals surface area (Å²) in [6, 6.07) is 5.80. The lowest BCUT2D eigenvalue weighted by Gasteiger charge is -2.25. The minimum atomic E-state index is -0.00570. The van der Waals surface area contributed by atoms with E-state index < -0.39 is 0 Å². The molecule has 23 heavy (non-hydrogen) atoms. The van der Waals surface area contributed by atoms with Gasteiger partial charge >= 0.3 is 0 Å². The van der Waals surface area contributed by atoms with Crippen molar-refractivity contribution < 1.29 is 9.59 Å². The molecule has 2 aromatic rings. The predicted octanol–water partition coefficient (Wildman–Crippen LogP) is 2.09. The number of carbonyl (C=O) groups excluding carboxylic acids is 2. The molecule has 2 atom stereocenters. The van der Waals surface area contributed by atoms with Crippen LogP contribution in [0.5, 0.6) is 0 Å². The van der Waals surface area contributed by atoms with E-state index in [1.165, 1.54) is 0 Å². The van der Waals surface area contributed by atoms with Crippen molar-refractivity contribution in [1.29, 1.82) is 0 Å². The summed E-state index contributed by atoms with van der Waals surface area (Å²) in [5, 5.41) is 3.99. The van der Waals surface area contributed by atoms with Gasteiger partial charge in [0.05, 0.1) is 30.4 Å². The predicted molar refractivity (Wildman–Crippen MR) is 88.3 cm³/mol. The largest absolute Gasteiger partial charge is 0.337 e. The SMILES string of the molecule is O=C(Cc1ccsc1)N1CC[C@@H]2[C@@H]1CC(=O)N2c1cccnc1. The molecule has 0 aromatic carbocycles. The van der Waals surface area contributed by atoms with Gasteiger partial charge < -0.3 is 9.80 Å². The molecule has 2 fully saturated rings. The Morgan fingerprint density at radius 2 is 2.26 bits per heavy atom. The van der Waals surface area contributed by atoms with E-state index >= 15 is 0 Å². The van der Waals surface area contributed by atoms with E-state index in [-0.39, 0.29) is 23.9 Å². The monoisotopic (exact) mass is 327 g/mol. The van der Waals surface area contributed by atoms with Crippen LogP contribution in [-0.4, -0.2) is 40.3 Å². The third kappa shape index (κ3) is 2.53. The fourth-order valence-electron chi connectivity index (χ4n) is 3.66. The zero-order chi connectivity index (χ0) is 15.8. The maximum Gasteiger partial charge on any atom is 0.229 e. The van der Waals surface area contributed by atoms with Crippen LogP contribution in [0.25, 0.3) is 0 Å². The van der Waals surface area contributed by atoms with E-state index in [1.807, 2.05) is 38.8 Å². The van der Waals surface area contributed by atoms with Crippen molar-refractivity contribution in [2.75, 3.05) is 11.4 Å². The first-order valence-electron chi connectivity index (χ1n) is 7.76. The molecule has 0 spiro atoms. The van der Waals surface area contributed by atoms with Crippen molar-refractivity contribution in [3.05, 3.63) is 46.9 Å². The van der Waals surface area contributed by atoms with Gasteiger partial charge in [0.1, 0.15) is 0 Å². The Kier molecular flexibility index (Phi) is 3.61. The lowest BCUT2D eigenvalue weighted by molar-refractivity contribution is -0.131. The third-order valence-electron chi connectivity index (χ3n) is 4.67. The van der Waals surface area contributed by atoms with Crippen LogP contribution in [0.15, 0.2) is 41.4 Å². The van der Waals surface area contributed by atoms with Gasteiger partial charge in [0.25, 0.3) is 0 Å². The highest BCUT2D eigenvalue weighted by molar-refractivity contribution is 7.08. The van der Waals surface area contributed by atoms with E-state index in [0.717, 1.165) is 24.2 Å². The maximum atomic E-state index is 12.6. The van der Waals surface area contributed by atoms with Crippen LogP contribution in [0.3, 0.4) is 0 Å². The van der Waals surface area contributed by atoms with Crippen molar-refractivity contribution in [2.45, 2.75) is 31.3 Å². The molecular weight excluding hydrogens is 310 g/mol. The van der Waals surface area contributed by atoms with E-state index in [9.17, 15) is 9.59 Å². The molecule has 0 radical (unpaired) electrons. The second-order valence-electron chi connectivity index (χ2n) is 6.00. The molecule has 0 aliphatic carbocycles. The van der Waals surface area contributed by atoms with Gasteiger partial charge in [0.2, 0.25) is 11.8 Å². The highest BCUT2D eigenvalue weighted by Crippen LogP contribution is 2.35. The minimum Gasteiger partial charge on any atom is -0.337 e. The lowest BCUT2D eigenvalue weighted by atomic mass is 10.1. The Morgan fingerprint density at radius 3 is 3.00 bits per heavy atom. The quantitative estimate of drug-likeness (QED) is 0.867. The first-order valence-corrected chi connectivity index (χ1v) is 8.71. The van der Waals surface area contributed by atoms with Gasteiger partial charge in [-0.15, -0.1) is 0 Å². The smallest absolute Gasteiger partial charge is 0.229 e. The van der Waals surface area contributed by atoms with Crippen molar-refractivity contribution in [3.8, 4) is 0 Å². The van der Waals surface area contributed by atoms with Gasteiger partial charge in [0, 0.05) is 19.2 Å². The van der Waals surface area contributed by atoms with Gasteiger partial charge in [-0.1, -0.05) is 0 Å². The molecule has 4 rings (SSSR count). The van der Waals surface area contributed by atoms with Gasteiger partial charge in [-0.3, -0.25) is 14.6 Å². The van der Waals surface area contributed by atoms with E-state index in [2.05, 4.69) is 4.98 Å². The number of fused-ring (bicyclic) bond motifs is 1. The number of hydrogen-bond donors (Lipinski definition) is 0. The molecule has 0 saturated carbocycles. The Morgan fingerprint density at radius 1 is 1.35 bits per heavy atom. The molecular formula is C17H17N3O2S. The minimum absolute atomic E-state index is 0.00570. The first-order chi connectivity index (χ1) is 11.2. The molecule has 6 heteroatoms.